The number of esters is 1. The maximum absolute atomic E-state index is 13.8. The van der Waals surface area contributed by atoms with E-state index in [1.807, 2.05) is 55.5 Å². The molecule has 2 aliphatic heterocycles. The number of amides is 5. The monoisotopic (exact) mass is 1420 g/mol. The number of imide groups is 1. The number of benzene rings is 3. The van der Waals surface area contributed by atoms with Crippen LogP contribution in [0.1, 0.15) is 112 Å². The number of carbonyl (C=O) groups is 7. The number of H-pyrrole nitrogens is 1. The molecule has 27 heteroatoms. The van der Waals surface area contributed by atoms with Gasteiger partial charge in [-0.05, 0) is 81.5 Å². The van der Waals surface area contributed by atoms with Gasteiger partial charge in [-0.25, -0.2) is 0 Å². The number of hydrogen-bond donors (Lipinski definition) is 2. The Morgan fingerprint density at radius 2 is 1.13 bits per heavy atom. The van der Waals surface area contributed by atoms with E-state index in [9.17, 15) is 33.6 Å². The molecule has 102 heavy (non-hydrogen) atoms. The van der Waals surface area contributed by atoms with Gasteiger partial charge in [0.15, 0.2) is 0 Å². The minimum Gasteiger partial charge on any atom is -0.462 e. The van der Waals surface area contributed by atoms with Crippen LogP contribution in [0, 0.1) is 19.8 Å². The molecule has 3 aliphatic rings. The van der Waals surface area contributed by atoms with Gasteiger partial charge in [0.1, 0.15) is 23.3 Å². The molecular formula is C75H103N9O18. The van der Waals surface area contributed by atoms with Crippen molar-refractivity contribution in [2.45, 2.75) is 123 Å². The maximum atomic E-state index is 13.8. The first-order valence-electron chi connectivity index (χ1n) is 36.0. The lowest BCUT2D eigenvalue weighted by Crippen LogP contribution is -2.37. The van der Waals surface area contributed by atoms with Gasteiger partial charge in [0.2, 0.25) is 29.5 Å². The molecule has 27 nitrogen and oxygen atoms in total. The summed E-state index contributed by atoms with van der Waals surface area (Å²) in [6, 6.07) is 23.8. The number of nitrogens with one attached hydrogen (secondary N) is 2. The normalized spacial score (nSPS) is 15.0. The highest BCUT2D eigenvalue weighted by atomic mass is 16.6. The van der Waals surface area contributed by atoms with Crippen molar-refractivity contribution in [3.05, 3.63) is 101 Å². The average Bonchev–Trinajstić information content (AvgIpc) is 1.41. The van der Waals surface area contributed by atoms with E-state index in [1.165, 1.54) is 16.7 Å². The molecule has 0 bridgehead atoms. The Labute approximate surface area is 597 Å². The number of aromatic nitrogens is 5. The molecule has 0 unspecified atom stereocenters. The van der Waals surface area contributed by atoms with Crippen molar-refractivity contribution in [2.24, 2.45) is 5.92 Å². The van der Waals surface area contributed by atoms with Crippen LogP contribution in [0.3, 0.4) is 0 Å². The zero-order chi connectivity index (χ0) is 71.9. The van der Waals surface area contributed by atoms with Crippen LogP contribution in [0.15, 0.2) is 72.8 Å². The molecule has 1 saturated heterocycles. The number of likely N-dealkylation sites (tertiary alicyclic amines) is 1. The third-order valence-corrected chi connectivity index (χ3v) is 17.6. The Morgan fingerprint density at radius 1 is 0.559 bits per heavy atom. The van der Waals surface area contributed by atoms with Crippen LogP contribution < -0.4 is 10.2 Å². The molecule has 556 valence electrons. The molecule has 8 rings (SSSR count). The number of para-hydroxylation sites is 1. The van der Waals surface area contributed by atoms with Crippen molar-refractivity contribution in [2.75, 3.05) is 163 Å². The van der Waals surface area contributed by atoms with Gasteiger partial charge in [-0.1, -0.05) is 79.2 Å². The Balaban J connectivity index is 0.638. The second kappa shape index (κ2) is 45.3. The van der Waals surface area contributed by atoms with E-state index in [1.54, 1.807) is 16.7 Å². The van der Waals surface area contributed by atoms with Crippen molar-refractivity contribution in [1.82, 2.24) is 40.7 Å². The third-order valence-electron chi connectivity index (χ3n) is 17.6. The standard InChI is InChI=1S/C75H103N9O18/c1-55-19-21-58(22-20-55)72-64-16-8-13-61(24-25-62(64)57(3)77-78-72)102-71(90)18-10-34-93-40-46-99-50-44-97-38-32-82(68(87)28-35-94-41-47-100-51-52-101-48-42-95-36-29-76-67(86)27-30-83-70(89)53-56(2)75(83)91)31-37-96-43-49-98-45-39-92-33-9-12-60(85)23-26-69(88)84-54-59-11-4-5-14-63(59)73-74(80-81-79-73)65-15-6-7-17-66(65)84/h4-7,11,14-15,17,19-22,56,61H,8-10,12-13,16,18,23-54H2,1-3H3,(H,76,86)(H,79,80,81)/t56-,61-/m0/s1. The molecule has 3 aromatic carbocycles. The number of fused-ring (bicyclic) bond motifs is 6. The first kappa shape index (κ1) is 79.9. The molecule has 1 fully saturated rings. The molecule has 0 spiro atoms. The molecule has 0 saturated carbocycles. The molecule has 5 aromatic rings. The van der Waals surface area contributed by atoms with Gasteiger partial charge in [0.05, 0.1) is 149 Å². The fourth-order valence-corrected chi connectivity index (χ4v) is 12.1. The first-order valence-corrected chi connectivity index (χ1v) is 36.0. The molecule has 2 aromatic heterocycles. The Morgan fingerprint density at radius 3 is 1.76 bits per heavy atom. The van der Waals surface area contributed by atoms with Crippen LogP contribution in [-0.2, 0) is 105 Å². The third kappa shape index (κ3) is 27.1. The summed E-state index contributed by atoms with van der Waals surface area (Å²) in [6.45, 7) is 13.6. The molecule has 5 amide bonds. The molecule has 2 atom stereocenters. The van der Waals surface area contributed by atoms with Crippen molar-refractivity contribution >= 4 is 47.0 Å². The predicted octanol–water partition coefficient (Wildman–Crippen LogP) is 7.14. The molecular weight excluding hydrogens is 1310 g/mol. The summed E-state index contributed by atoms with van der Waals surface area (Å²) in [6.07, 6.45) is 6.14. The number of nitrogens with zero attached hydrogens (tertiary/aromatic N) is 7. The molecule has 2 N–H and O–H groups in total. The molecule has 4 heterocycles. The Bertz CT molecular complexity index is 3410. The van der Waals surface area contributed by atoms with E-state index in [0.717, 1.165) is 82.0 Å². The Hall–Kier alpha value is -7.83. The zero-order valence-corrected chi connectivity index (χ0v) is 59.6. The number of hydrogen-bond acceptors (Lipinski definition) is 22. The zero-order valence-electron chi connectivity index (χ0n) is 59.6. The van der Waals surface area contributed by atoms with E-state index in [0.29, 0.717) is 150 Å². The highest BCUT2D eigenvalue weighted by molar-refractivity contribution is 6.04. The largest absolute Gasteiger partial charge is 0.462 e. The lowest BCUT2D eigenvalue weighted by atomic mass is 9.89. The number of carbonyl (C=O) groups excluding carboxylic acids is 7. The number of Topliss-reactive ketones (excluding diaryl/α,β-unsaturated/α-hetero) is 1. The van der Waals surface area contributed by atoms with Crippen LogP contribution in [-0.4, -0.2) is 241 Å². The topological polar surface area (TPSA) is 310 Å². The lowest BCUT2D eigenvalue weighted by Gasteiger charge is -2.28. The quantitative estimate of drug-likeness (QED) is 0.0222. The lowest BCUT2D eigenvalue weighted by molar-refractivity contribution is -0.150. The Kier molecular flexibility index (Phi) is 35.5. The summed E-state index contributed by atoms with van der Waals surface area (Å²) < 4.78 is 62.9. The number of ketones is 1. The van der Waals surface area contributed by atoms with E-state index in [-0.39, 0.29) is 131 Å². The van der Waals surface area contributed by atoms with Gasteiger partial charge in [-0.3, -0.25) is 38.5 Å². The average molecular weight is 1420 g/mol. The van der Waals surface area contributed by atoms with Crippen molar-refractivity contribution in [3.8, 4) is 33.8 Å². The second-order valence-electron chi connectivity index (χ2n) is 25.3. The summed E-state index contributed by atoms with van der Waals surface area (Å²) in [5.74, 6) is -1.57. The summed E-state index contributed by atoms with van der Waals surface area (Å²) in [5, 5.41) is 23.4. The number of aryl methyl sites for hydroxylation is 2. The van der Waals surface area contributed by atoms with Crippen molar-refractivity contribution < 1.29 is 85.7 Å². The number of anilines is 1. The summed E-state index contributed by atoms with van der Waals surface area (Å²) in [4.78, 5) is 93.7. The number of rotatable bonds is 49. The van der Waals surface area contributed by atoms with Crippen molar-refractivity contribution in [1.29, 1.82) is 0 Å². The van der Waals surface area contributed by atoms with Gasteiger partial charge in [-0.15, -0.1) is 5.10 Å². The van der Waals surface area contributed by atoms with Gasteiger partial charge in [-0.2, -0.15) is 20.5 Å². The second-order valence-corrected chi connectivity index (χ2v) is 25.3. The minimum absolute atomic E-state index is 0.00805. The number of aromatic amines is 1. The SMILES string of the molecule is Cc1ccc(-c2nnc(C)c3c2CCC[C@H](OC(=O)CCCOCCOCCOCCN(CCOCCOCCOCCCC(=O)CCC(=O)N2Cc4ccccc4-c4n[nH]nc4-c4ccccc42)C(=O)CCOCCOCCOCCOCCNC(=O)CCN2C(=O)C[C@H](C)C2=O)CC3)cc1. The van der Waals surface area contributed by atoms with Gasteiger partial charge < -0.3 is 67.2 Å². The van der Waals surface area contributed by atoms with Crippen LogP contribution >= 0.6 is 0 Å². The minimum atomic E-state index is -0.337. The van der Waals surface area contributed by atoms with Crippen LogP contribution in [0.4, 0.5) is 5.69 Å². The summed E-state index contributed by atoms with van der Waals surface area (Å²) in [7, 11) is 0. The fourth-order valence-electron chi connectivity index (χ4n) is 12.1. The predicted molar refractivity (Wildman–Crippen MR) is 377 cm³/mol. The first-order chi connectivity index (χ1) is 49.8. The van der Waals surface area contributed by atoms with Crippen LogP contribution in [0.25, 0.3) is 33.8 Å². The highest BCUT2D eigenvalue weighted by Crippen LogP contribution is 2.40. The maximum Gasteiger partial charge on any atom is 0.306 e. The van der Waals surface area contributed by atoms with E-state index < -0.39 is 0 Å². The van der Waals surface area contributed by atoms with E-state index in [4.69, 9.17) is 52.1 Å². The van der Waals surface area contributed by atoms with Crippen molar-refractivity contribution in [3.63, 3.8) is 0 Å². The highest BCUT2D eigenvalue weighted by Gasteiger charge is 2.35. The van der Waals surface area contributed by atoms with Gasteiger partial charge in [0.25, 0.3) is 0 Å². The van der Waals surface area contributed by atoms with E-state index >= 15 is 0 Å². The van der Waals surface area contributed by atoms with Crippen LogP contribution in [0.5, 0.6) is 0 Å². The summed E-state index contributed by atoms with van der Waals surface area (Å²) >= 11 is 0. The van der Waals surface area contributed by atoms with E-state index in [2.05, 4.69) is 62.1 Å². The molecule has 0 radical (unpaired) electrons. The fraction of sp³-hybridized carbons (Fsp3) is 0.587. The molecule has 1 aliphatic carbocycles. The van der Waals surface area contributed by atoms with Crippen LogP contribution in [0.2, 0.25) is 0 Å². The van der Waals surface area contributed by atoms with Gasteiger partial charge in [0, 0.05) is 101 Å². The van der Waals surface area contributed by atoms with Gasteiger partial charge >= 0.3 is 5.97 Å². The smallest absolute Gasteiger partial charge is 0.306 e. The summed E-state index contributed by atoms with van der Waals surface area (Å²) in [5.41, 5.74) is 11.3. The number of ether oxygens (including phenoxy) is 11.